The summed E-state index contributed by atoms with van der Waals surface area (Å²) in [7, 11) is 0. The van der Waals surface area contributed by atoms with E-state index in [-0.39, 0.29) is 5.91 Å². The van der Waals surface area contributed by atoms with Gasteiger partial charge in [-0.1, -0.05) is 24.3 Å². The van der Waals surface area contributed by atoms with Gasteiger partial charge in [-0.05, 0) is 42.3 Å². The molecule has 2 rings (SSSR count). The number of carbonyl (C=O) groups is 2. The van der Waals surface area contributed by atoms with E-state index in [1.807, 2.05) is 31.2 Å². The highest BCUT2D eigenvalue weighted by atomic mass is 16.2. The molecule has 0 heterocycles. The summed E-state index contributed by atoms with van der Waals surface area (Å²) in [6.07, 6.45) is 0. The highest BCUT2D eigenvalue weighted by molar-refractivity contribution is 6.04. The molecule has 0 unspecified atom stereocenters. The molecule has 0 fully saturated rings. The Bertz CT molecular complexity index is 651. The largest absolute Gasteiger partial charge is 0.352 e. The van der Waals surface area contributed by atoms with Gasteiger partial charge in [-0.2, -0.15) is 0 Å². The van der Waals surface area contributed by atoms with Gasteiger partial charge in [-0.3, -0.25) is 4.79 Å². The summed E-state index contributed by atoms with van der Waals surface area (Å²) in [6.45, 7) is 2.31. The molecular formula is C16H17N3O2. The van der Waals surface area contributed by atoms with Gasteiger partial charge in [0.2, 0.25) is 0 Å². The predicted octanol–water partition coefficient (Wildman–Crippen LogP) is 2.42. The third-order valence-electron chi connectivity index (χ3n) is 2.96. The molecule has 21 heavy (non-hydrogen) atoms. The Morgan fingerprint density at radius 1 is 1.10 bits per heavy atom. The second kappa shape index (κ2) is 6.56. The molecule has 0 aromatic heterocycles. The number of amides is 3. The van der Waals surface area contributed by atoms with Crippen molar-refractivity contribution < 1.29 is 9.59 Å². The number of urea groups is 1. The van der Waals surface area contributed by atoms with E-state index in [0.717, 1.165) is 16.8 Å². The normalized spacial score (nSPS) is 9.95. The van der Waals surface area contributed by atoms with Crippen molar-refractivity contribution in [1.29, 1.82) is 0 Å². The van der Waals surface area contributed by atoms with Crippen LogP contribution in [0.1, 0.15) is 21.5 Å². The van der Waals surface area contributed by atoms with Crippen molar-refractivity contribution in [2.75, 3.05) is 5.32 Å². The van der Waals surface area contributed by atoms with Crippen LogP contribution in [0.5, 0.6) is 0 Å². The summed E-state index contributed by atoms with van der Waals surface area (Å²) in [6, 6.07) is 14.0. The van der Waals surface area contributed by atoms with Crippen molar-refractivity contribution in [2.45, 2.75) is 13.5 Å². The fraction of sp³-hybridized carbons (Fsp3) is 0.125. The van der Waals surface area contributed by atoms with Gasteiger partial charge in [-0.25, -0.2) is 4.79 Å². The zero-order valence-electron chi connectivity index (χ0n) is 11.7. The van der Waals surface area contributed by atoms with Crippen molar-refractivity contribution in [3.63, 3.8) is 0 Å². The number of primary amides is 1. The quantitative estimate of drug-likeness (QED) is 0.805. The summed E-state index contributed by atoms with van der Waals surface area (Å²) < 4.78 is 0. The number of aryl methyl sites for hydroxylation is 1. The van der Waals surface area contributed by atoms with Gasteiger partial charge in [-0.15, -0.1) is 0 Å². The lowest BCUT2D eigenvalue weighted by molar-refractivity contribution is 0.102. The van der Waals surface area contributed by atoms with Gasteiger partial charge in [0.05, 0.1) is 0 Å². The van der Waals surface area contributed by atoms with E-state index in [1.54, 1.807) is 24.3 Å². The summed E-state index contributed by atoms with van der Waals surface area (Å²) in [5, 5.41) is 5.33. The lowest BCUT2D eigenvalue weighted by Crippen LogP contribution is -2.28. The smallest absolute Gasteiger partial charge is 0.312 e. The van der Waals surface area contributed by atoms with Crippen LogP contribution in [0.25, 0.3) is 0 Å². The van der Waals surface area contributed by atoms with Crippen molar-refractivity contribution in [3.8, 4) is 0 Å². The van der Waals surface area contributed by atoms with Crippen LogP contribution in [0.4, 0.5) is 10.5 Å². The van der Waals surface area contributed by atoms with Crippen LogP contribution in [0.15, 0.2) is 48.5 Å². The summed E-state index contributed by atoms with van der Waals surface area (Å²) >= 11 is 0. The van der Waals surface area contributed by atoms with E-state index in [9.17, 15) is 9.59 Å². The minimum absolute atomic E-state index is 0.171. The molecule has 0 atom stereocenters. The van der Waals surface area contributed by atoms with Gasteiger partial charge in [0, 0.05) is 17.8 Å². The first-order valence-electron chi connectivity index (χ1n) is 6.55. The van der Waals surface area contributed by atoms with Gasteiger partial charge in [0.25, 0.3) is 5.91 Å². The van der Waals surface area contributed by atoms with Gasteiger partial charge in [0.15, 0.2) is 0 Å². The molecular weight excluding hydrogens is 266 g/mol. The van der Waals surface area contributed by atoms with Crippen LogP contribution in [0.3, 0.4) is 0 Å². The Morgan fingerprint density at radius 2 is 1.81 bits per heavy atom. The fourth-order valence-electron chi connectivity index (χ4n) is 1.89. The molecule has 0 saturated heterocycles. The average Bonchev–Trinajstić information content (AvgIpc) is 2.45. The number of nitrogens with two attached hydrogens (primary N) is 1. The molecule has 0 saturated carbocycles. The van der Waals surface area contributed by atoms with Crippen LogP contribution >= 0.6 is 0 Å². The second-order valence-corrected chi connectivity index (χ2v) is 4.74. The highest BCUT2D eigenvalue weighted by Crippen LogP contribution is 2.12. The molecule has 0 aliphatic heterocycles. The molecule has 4 N–H and O–H groups in total. The topological polar surface area (TPSA) is 84.2 Å². The maximum absolute atomic E-state index is 12.1. The summed E-state index contributed by atoms with van der Waals surface area (Å²) in [5.74, 6) is -0.171. The Balaban J connectivity index is 2.01. The number of rotatable bonds is 4. The van der Waals surface area contributed by atoms with Crippen molar-refractivity contribution in [1.82, 2.24) is 5.32 Å². The molecule has 0 bridgehead atoms. The highest BCUT2D eigenvalue weighted by Gasteiger charge is 2.06. The number of hydrogen-bond donors (Lipinski definition) is 3. The average molecular weight is 283 g/mol. The van der Waals surface area contributed by atoms with Crippen LogP contribution in [-0.2, 0) is 6.54 Å². The van der Waals surface area contributed by atoms with E-state index in [0.29, 0.717) is 12.1 Å². The molecule has 0 aliphatic carbocycles. The predicted molar refractivity (Wildman–Crippen MR) is 82.0 cm³/mol. The Labute approximate surface area is 123 Å². The van der Waals surface area contributed by atoms with Crippen LogP contribution < -0.4 is 16.4 Å². The maximum Gasteiger partial charge on any atom is 0.312 e. The number of carbonyl (C=O) groups excluding carboxylic acids is 2. The molecule has 2 aromatic carbocycles. The lowest BCUT2D eigenvalue weighted by Gasteiger charge is -2.07. The van der Waals surface area contributed by atoms with Crippen molar-refractivity contribution >= 4 is 17.6 Å². The monoisotopic (exact) mass is 283 g/mol. The molecule has 2 aromatic rings. The molecule has 108 valence electrons. The molecule has 0 radical (unpaired) electrons. The standard InChI is InChI=1S/C16H17N3O2/c1-11-3-2-4-14(9-11)19-15(20)13-7-5-12(6-8-13)10-18-16(17)21/h2-9H,10H2,1H3,(H,19,20)(H3,17,18,21). The number of benzene rings is 2. The van der Waals surface area contributed by atoms with Crippen LogP contribution in [0.2, 0.25) is 0 Å². The first-order chi connectivity index (χ1) is 10.0. The van der Waals surface area contributed by atoms with Crippen LogP contribution in [-0.4, -0.2) is 11.9 Å². The first-order valence-corrected chi connectivity index (χ1v) is 6.55. The van der Waals surface area contributed by atoms with Gasteiger partial charge in [0.1, 0.15) is 0 Å². The zero-order valence-corrected chi connectivity index (χ0v) is 11.7. The van der Waals surface area contributed by atoms with E-state index in [4.69, 9.17) is 5.73 Å². The number of nitrogens with one attached hydrogen (secondary N) is 2. The molecule has 5 heteroatoms. The SMILES string of the molecule is Cc1cccc(NC(=O)c2ccc(CNC(N)=O)cc2)c1. The second-order valence-electron chi connectivity index (χ2n) is 4.74. The summed E-state index contributed by atoms with van der Waals surface area (Å²) in [5.41, 5.74) is 8.28. The Kier molecular flexibility index (Phi) is 4.56. The minimum Gasteiger partial charge on any atom is -0.352 e. The Hall–Kier alpha value is -2.82. The maximum atomic E-state index is 12.1. The van der Waals surface area contributed by atoms with E-state index < -0.39 is 6.03 Å². The Morgan fingerprint density at radius 3 is 2.43 bits per heavy atom. The molecule has 3 amide bonds. The van der Waals surface area contributed by atoms with Crippen molar-refractivity contribution in [3.05, 3.63) is 65.2 Å². The third kappa shape index (κ3) is 4.35. The zero-order chi connectivity index (χ0) is 15.2. The van der Waals surface area contributed by atoms with E-state index in [2.05, 4.69) is 10.6 Å². The lowest BCUT2D eigenvalue weighted by atomic mass is 10.1. The van der Waals surface area contributed by atoms with Crippen LogP contribution in [0, 0.1) is 6.92 Å². The molecule has 0 aliphatic rings. The number of anilines is 1. The van der Waals surface area contributed by atoms with E-state index in [1.165, 1.54) is 0 Å². The minimum atomic E-state index is -0.573. The fourth-order valence-corrected chi connectivity index (χ4v) is 1.89. The van der Waals surface area contributed by atoms with E-state index >= 15 is 0 Å². The molecule has 5 nitrogen and oxygen atoms in total. The van der Waals surface area contributed by atoms with Gasteiger partial charge < -0.3 is 16.4 Å². The third-order valence-corrected chi connectivity index (χ3v) is 2.96. The number of hydrogen-bond acceptors (Lipinski definition) is 2. The van der Waals surface area contributed by atoms with Crippen molar-refractivity contribution in [2.24, 2.45) is 5.73 Å². The summed E-state index contributed by atoms with van der Waals surface area (Å²) in [4.78, 5) is 22.7. The van der Waals surface area contributed by atoms with Gasteiger partial charge >= 0.3 is 6.03 Å². The first kappa shape index (κ1) is 14.6. The molecule has 0 spiro atoms.